The van der Waals surface area contributed by atoms with Crippen LogP contribution in [0.15, 0.2) is 12.2 Å². The third-order valence-corrected chi connectivity index (χ3v) is 3.48. The zero-order valence-electron chi connectivity index (χ0n) is 12.9. The molecular weight excluding hydrogens is 222 g/mol. The van der Waals surface area contributed by atoms with Gasteiger partial charge in [0.05, 0.1) is 0 Å². The Morgan fingerprint density at radius 1 is 1.33 bits per heavy atom. The number of nitrogens with one attached hydrogen (secondary N) is 1. The van der Waals surface area contributed by atoms with Crippen LogP contribution in [0.5, 0.6) is 0 Å². The van der Waals surface area contributed by atoms with E-state index in [9.17, 15) is 0 Å². The first kappa shape index (κ1) is 15.7. The largest absolute Gasteiger partial charge is 0.308 e. The van der Waals surface area contributed by atoms with Crippen LogP contribution in [0.25, 0.3) is 0 Å². The van der Waals surface area contributed by atoms with Gasteiger partial charge in [-0.25, -0.2) is 0 Å². The van der Waals surface area contributed by atoms with Gasteiger partial charge in [0.25, 0.3) is 0 Å². The average molecular weight is 253 g/mol. The van der Waals surface area contributed by atoms with Crippen molar-refractivity contribution in [1.29, 1.82) is 0 Å². The molecule has 0 spiro atoms. The summed E-state index contributed by atoms with van der Waals surface area (Å²) in [7, 11) is 2.22. The van der Waals surface area contributed by atoms with Gasteiger partial charge in [-0.2, -0.15) is 0 Å². The number of likely N-dealkylation sites (N-methyl/N-ethyl adjacent to an activating group) is 1. The van der Waals surface area contributed by atoms with E-state index in [2.05, 4.69) is 56.4 Å². The third kappa shape index (κ3) is 5.98. The van der Waals surface area contributed by atoms with Crippen molar-refractivity contribution < 1.29 is 0 Å². The van der Waals surface area contributed by atoms with Crippen molar-refractivity contribution in [3.05, 3.63) is 12.2 Å². The summed E-state index contributed by atoms with van der Waals surface area (Å²) in [5.41, 5.74) is 1.47. The van der Waals surface area contributed by atoms with Crippen LogP contribution in [0.2, 0.25) is 0 Å². The second-order valence-corrected chi connectivity index (χ2v) is 6.79. The second kappa shape index (κ2) is 6.69. The molecule has 0 saturated carbocycles. The monoisotopic (exact) mass is 253 g/mol. The lowest BCUT2D eigenvalue weighted by atomic mass is 10.1. The Kier molecular flexibility index (Phi) is 5.83. The molecule has 1 fully saturated rings. The number of hydrogen-bond acceptors (Lipinski definition) is 3. The predicted molar refractivity (Wildman–Crippen MR) is 80.0 cm³/mol. The van der Waals surface area contributed by atoms with E-state index in [1.165, 1.54) is 31.6 Å². The van der Waals surface area contributed by atoms with E-state index in [4.69, 9.17) is 0 Å². The molecule has 0 amide bonds. The maximum Gasteiger partial charge on any atom is 0.0206 e. The fourth-order valence-electron chi connectivity index (χ4n) is 2.39. The number of rotatable bonds is 4. The van der Waals surface area contributed by atoms with Crippen LogP contribution in [0.1, 0.15) is 34.1 Å². The molecule has 1 aliphatic rings. The van der Waals surface area contributed by atoms with Gasteiger partial charge in [-0.1, -0.05) is 6.58 Å². The molecular formula is C15H31N3. The summed E-state index contributed by atoms with van der Waals surface area (Å²) < 4.78 is 0. The predicted octanol–water partition coefficient (Wildman–Crippen LogP) is 1.96. The summed E-state index contributed by atoms with van der Waals surface area (Å²) in [5, 5.41) is 3.51. The summed E-state index contributed by atoms with van der Waals surface area (Å²) in [4.78, 5) is 5.00. The Bertz CT molecular complexity index is 267. The zero-order valence-corrected chi connectivity index (χ0v) is 12.9. The van der Waals surface area contributed by atoms with Crippen LogP contribution < -0.4 is 5.32 Å². The molecule has 0 aromatic rings. The minimum absolute atomic E-state index is 0.174. The highest BCUT2D eigenvalue weighted by Gasteiger charge is 2.20. The molecule has 1 rings (SSSR count). The molecule has 1 unspecified atom stereocenters. The third-order valence-electron chi connectivity index (χ3n) is 3.48. The van der Waals surface area contributed by atoms with E-state index in [-0.39, 0.29) is 5.54 Å². The first-order chi connectivity index (χ1) is 8.28. The highest BCUT2D eigenvalue weighted by atomic mass is 15.2. The van der Waals surface area contributed by atoms with Gasteiger partial charge in [-0.15, -0.1) is 0 Å². The zero-order chi connectivity index (χ0) is 13.8. The Morgan fingerprint density at radius 2 is 2.00 bits per heavy atom. The summed E-state index contributed by atoms with van der Waals surface area (Å²) in [6.45, 7) is 18.7. The van der Waals surface area contributed by atoms with E-state index in [1.54, 1.807) is 0 Å². The van der Waals surface area contributed by atoms with Crippen molar-refractivity contribution in [2.75, 3.05) is 39.8 Å². The van der Waals surface area contributed by atoms with E-state index in [1.807, 2.05) is 0 Å². The fraction of sp³-hybridized carbons (Fsp3) is 0.867. The summed E-state index contributed by atoms with van der Waals surface area (Å²) in [6.07, 6.45) is 1.26. The van der Waals surface area contributed by atoms with Crippen LogP contribution in [0, 0.1) is 0 Å². The van der Waals surface area contributed by atoms with Gasteiger partial charge >= 0.3 is 0 Å². The average Bonchev–Trinajstić information content (AvgIpc) is 2.37. The van der Waals surface area contributed by atoms with Crippen LogP contribution >= 0.6 is 0 Å². The Labute approximate surface area is 113 Å². The maximum absolute atomic E-state index is 4.22. The topological polar surface area (TPSA) is 18.5 Å². The molecule has 1 saturated heterocycles. The number of hydrogen-bond donors (Lipinski definition) is 1. The van der Waals surface area contributed by atoms with Gasteiger partial charge in [-0.3, -0.25) is 4.90 Å². The van der Waals surface area contributed by atoms with Crippen molar-refractivity contribution in [3.63, 3.8) is 0 Å². The van der Waals surface area contributed by atoms with Gasteiger partial charge in [0, 0.05) is 37.8 Å². The Hall–Kier alpha value is -0.380. The Balaban J connectivity index is 2.38. The highest BCUT2D eigenvalue weighted by molar-refractivity contribution is 5.02. The fourth-order valence-corrected chi connectivity index (χ4v) is 2.39. The second-order valence-electron chi connectivity index (χ2n) is 6.79. The minimum atomic E-state index is 0.174. The van der Waals surface area contributed by atoms with Gasteiger partial charge in [0.1, 0.15) is 0 Å². The van der Waals surface area contributed by atoms with Gasteiger partial charge in [0.15, 0.2) is 0 Å². The van der Waals surface area contributed by atoms with E-state index < -0.39 is 0 Å². The molecule has 0 radical (unpaired) electrons. The molecule has 1 atom stereocenters. The first-order valence-corrected chi connectivity index (χ1v) is 7.12. The molecule has 0 aromatic heterocycles. The van der Waals surface area contributed by atoms with E-state index in [0.717, 1.165) is 13.1 Å². The van der Waals surface area contributed by atoms with Gasteiger partial charge in [0.2, 0.25) is 0 Å². The molecule has 0 bridgehead atoms. The summed E-state index contributed by atoms with van der Waals surface area (Å²) in [6, 6.07) is 0.629. The maximum atomic E-state index is 4.22. The first-order valence-electron chi connectivity index (χ1n) is 7.12. The van der Waals surface area contributed by atoms with Crippen molar-refractivity contribution in [3.8, 4) is 0 Å². The minimum Gasteiger partial charge on any atom is -0.308 e. The molecule has 3 heteroatoms. The molecule has 0 aliphatic carbocycles. The van der Waals surface area contributed by atoms with Crippen molar-refractivity contribution >= 4 is 0 Å². The van der Waals surface area contributed by atoms with E-state index >= 15 is 0 Å². The van der Waals surface area contributed by atoms with Crippen molar-refractivity contribution in [2.24, 2.45) is 0 Å². The summed E-state index contributed by atoms with van der Waals surface area (Å²) >= 11 is 0. The molecule has 1 aliphatic heterocycles. The van der Waals surface area contributed by atoms with Crippen LogP contribution in [0.4, 0.5) is 0 Å². The molecule has 1 N–H and O–H groups in total. The highest BCUT2D eigenvalue weighted by Crippen LogP contribution is 2.10. The number of nitrogens with zero attached hydrogens (tertiary/aromatic N) is 2. The molecule has 3 nitrogen and oxygen atoms in total. The van der Waals surface area contributed by atoms with Crippen molar-refractivity contribution in [1.82, 2.24) is 15.1 Å². The van der Waals surface area contributed by atoms with Crippen molar-refractivity contribution in [2.45, 2.75) is 45.7 Å². The van der Waals surface area contributed by atoms with Gasteiger partial charge in [-0.05, 0) is 53.3 Å². The smallest absolute Gasteiger partial charge is 0.0206 e. The normalized spacial score (nSPS) is 23.9. The Morgan fingerprint density at radius 3 is 2.61 bits per heavy atom. The lowest BCUT2D eigenvalue weighted by Gasteiger charge is -2.29. The van der Waals surface area contributed by atoms with Crippen LogP contribution in [-0.4, -0.2) is 61.2 Å². The van der Waals surface area contributed by atoms with E-state index in [0.29, 0.717) is 6.04 Å². The van der Waals surface area contributed by atoms with Gasteiger partial charge < -0.3 is 10.2 Å². The van der Waals surface area contributed by atoms with Crippen LogP contribution in [-0.2, 0) is 0 Å². The summed E-state index contributed by atoms with van der Waals surface area (Å²) in [5.74, 6) is 0. The lowest BCUT2D eigenvalue weighted by molar-refractivity contribution is 0.215. The standard InChI is InChI=1S/C15H31N3/c1-13(10-16-15(3,4)5)11-18-9-7-8-17(6)12-14(18)2/h14,16H,1,7-12H2,2-6H3. The SMILES string of the molecule is C=C(CNC(C)(C)C)CN1CCCN(C)CC1C. The molecule has 1 heterocycles. The van der Waals surface area contributed by atoms with Crippen LogP contribution in [0.3, 0.4) is 0 Å². The quantitative estimate of drug-likeness (QED) is 0.773. The lowest BCUT2D eigenvalue weighted by Crippen LogP contribution is -2.42. The molecule has 0 aromatic carbocycles. The molecule has 106 valence electrons. The molecule has 18 heavy (non-hydrogen) atoms.